The molecular weight excluding hydrogens is 318 g/mol. The first-order chi connectivity index (χ1) is 9.63. The van der Waals surface area contributed by atoms with E-state index in [1.807, 2.05) is 19.1 Å². The Morgan fingerprint density at radius 1 is 1.30 bits per heavy atom. The highest BCUT2D eigenvalue weighted by Crippen LogP contribution is 2.36. The Labute approximate surface area is 130 Å². The third-order valence-electron chi connectivity index (χ3n) is 4.08. The molecule has 2 rings (SSSR count). The number of benzene rings is 1. The van der Waals surface area contributed by atoms with Crippen molar-refractivity contribution in [1.82, 2.24) is 4.90 Å². The van der Waals surface area contributed by atoms with Crippen molar-refractivity contribution in [2.75, 3.05) is 19.7 Å². The molecule has 1 fully saturated rings. The summed E-state index contributed by atoms with van der Waals surface area (Å²) in [5.74, 6) is 1.66. The second kappa shape index (κ2) is 7.32. The molecular formula is C16H24BrNO2. The Kier molecular flexibility index (Phi) is 5.73. The lowest BCUT2D eigenvalue weighted by Gasteiger charge is -2.31. The first kappa shape index (κ1) is 15.6. The van der Waals surface area contributed by atoms with Crippen LogP contribution in [0.1, 0.15) is 38.7 Å². The van der Waals surface area contributed by atoms with Gasteiger partial charge < -0.3 is 9.84 Å². The molecule has 0 unspecified atom stereocenters. The minimum atomic E-state index is 0.195. The van der Waals surface area contributed by atoms with Crippen molar-refractivity contribution in [3.05, 3.63) is 22.2 Å². The summed E-state index contributed by atoms with van der Waals surface area (Å²) in [5, 5.41) is 9.94. The number of hydrogen-bond donors (Lipinski definition) is 1. The van der Waals surface area contributed by atoms with Crippen LogP contribution in [0.5, 0.6) is 11.5 Å². The molecule has 1 aromatic rings. The smallest absolute Gasteiger partial charge is 0.172 e. The van der Waals surface area contributed by atoms with Crippen molar-refractivity contribution >= 4 is 15.9 Å². The molecule has 1 N–H and O–H groups in total. The molecule has 0 spiro atoms. The lowest BCUT2D eigenvalue weighted by atomic mass is 9.94. The quantitative estimate of drug-likeness (QED) is 0.872. The fourth-order valence-electron chi connectivity index (χ4n) is 2.80. The molecule has 0 amide bonds. The number of rotatable bonds is 5. The van der Waals surface area contributed by atoms with Crippen LogP contribution < -0.4 is 4.74 Å². The molecule has 112 valence electrons. The number of hydrogen-bond acceptors (Lipinski definition) is 3. The standard InChI is InChI=1S/C16H24BrNO2/c1-3-12-5-7-18(8-6-12)11-13-9-14(17)16(19)15(10-13)20-4-2/h9-10,12,19H,3-8,11H2,1-2H3. The average molecular weight is 342 g/mol. The van der Waals surface area contributed by atoms with E-state index in [0.29, 0.717) is 16.8 Å². The number of phenols is 1. The molecule has 1 saturated heterocycles. The van der Waals surface area contributed by atoms with E-state index in [-0.39, 0.29) is 5.75 Å². The molecule has 1 heterocycles. The van der Waals surface area contributed by atoms with Gasteiger partial charge in [0.2, 0.25) is 0 Å². The van der Waals surface area contributed by atoms with Gasteiger partial charge >= 0.3 is 0 Å². The Bertz CT molecular complexity index is 442. The van der Waals surface area contributed by atoms with Crippen LogP contribution in [0.4, 0.5) is 0 Å². The maximum absolute atomic E-state index is 9.94. The average Bonchev–Trinajstić information content (AvgIpc) is 2.45. The summed E-state index contributed by atoms with van der Waals surface area (Å²) in [4.78, 5) is 2.49. The van der Waals surface area contributed by atoms with Gasteiger partial charge in [-0.3, -0.25) is 4.90 Å². The lowest BCUT2D eigenvalue weighted by molar-refractivity contribution is 0.174. The highest BCUT2D eigenvalue weighted by molar-refractivity contribution is 9.10. The van der Waals surface area contributed by atoms with Gasteiger partial charge in [-0.15, -0.1) is 0 Å². The second-order valence-corrected chi connectivity index (χ2v) is 6.34. The fraction of sp³-hybridized carbons (Fsp3) is 0.625. The van der Waals surface area contributed by atoms with Crippen LogP contribution in [0.25, 0.3) is 0 Å². The maximum atomic E-state index is 9.94. The van der Waals surface area contributed by atoms with Gasteiger partial charge in [-0.1, -0.05) is 13.3 Å². The van der Waals surface area contributed by atoms with Crippen LogP contribution in [0, 0.1) is 5.92 Å². The Balaban J connectivity index is 2.02. The molecule has 1 aliphatic rings. The summed E-state index contributed by atoms with van der Waals surface area (Å²) in [6.45, 7) is 8.03. The fourth-order valence-corrected chi connectivity index (χ4v) is 3.28. The minimum absolute atomic E-state index is 0.195. The van der Waals surface area contributed by atoms with Gasteiger partial charge in [0.25, 0.3) is 0 Å². The van der Waals surface area contributed by atoms with Crippen molar-refractivity contribution < 1.29 is 9.84 Å². The number of aromatic hydroxyl groups is 1. The van der Waals surface area contributed by atoms with Gasteiger partial charge in [0.1, 0.15) is 0 Å². The van der Waals surface area contributed by atoms with E-state index in [4.69, 9.17) is 4.74 Å². The third-order valence-corrected chi connectivity index (χ3v) is 4.68. The van der Waals surface area contributed by atoms with Crippen molar-refractivity contribution in [3.63, 3.8) is 0 Å². The van der Waals surface area contributed by atoms with E-state index in [1.165, 1.54) is 37.9 Å². The van der Waals surface area contributed by atoms with E-state index in [0.717, 1.165) is 12.5 Å². The zero-order chi connectivity index (χ0) is 14.5. The molecule has 0 bridgehead atoms. The van der Waals surface area contributed by atoms with E-state index < -0.39 is 0 Å². The van der Waals surface area contributed by atoms with Gasteiger partial charge in [0.15, 0.2) is 11.5 Å². The molecule has 0 aromatic heterocycles. The maximum Gasteiger partial charge on any atom is 0.172 e. The zero-order valence-electron chi connectivity index (χ0n) is 12.4. The summed E-state index contributed by atoms with van der Waals surface area (Å²) in [7, 11) is 0. The summed E-state index contributed by atoms with van der Waals surface area (Å²) in [6, 6.07) is 3.94. The molecule has 1 aliphatic heterocycles. The molecule has 20 heavy (non-hydrogen) atoms. The predicted molar refractivity (Wildman–Crippen MR) is 85.3 cm³/mol. The van der Waals surface area contributed by atoms with Crippen molar-refractivity contribution in [3.8, 4) is 11.5 Å². The van der Waals surface area contributed by atoms with E-state index >= 15 is 0 Å². The topological polar surface area (TPSA) is 32.7 Å². The van der Waals surface area contributed by atoms with Crippen LogP contribution in [-0.2, 0) is 6.54 Å². The van der Waals surface area contributed by atoms with Crippen molar-refractivity contribution in [2.24, 2.45) is 5.92 Å². The number of likely N-dealkylation sites (tertiary alicyclic amines) is 1. The largest absolute Gasteiger partial charge is 0.503 e. The monoisotopic (exact) mass is 341 g/mol. The van der Waals surface area contributed by atoms with Crippen molar-refractivity contribution in [2.45, 2.75) is 39.7 Å². The Hall–Kier alpha value is -0.740. The third kappa shape index (κ3) is 3.89. The Morgan fingerprint density at radius 2 is 2.00 bits per heavy atom. The van der Waals surface area contributed by atoms with E-state index in [1.54, 1.807) is 0 Å². The van der Waals surface area contributed by atoms with Gasteiger partial charge in [-0.25, -0.2) is 0 Å². The van der Waals surface area contributed by atoms with Gasteiger partial charge in [0, 0.05) is 6.54 Å². The van der Waals surface area contributed by atoms with E-state index in [9.17, 15) is 5.11 Å². The first-order valence-corrected chi connectivity index (χ1v) is 8.29. The minimum Gasteiger partial charge on any atom is -0.503 e. The van der Waals surface area contributed by atoms with Gasteiger partial charge in [0.05, 0.1) is 11.1 Å². The summed E-state index contributed by atoms with van der Waals surface area (Å²) in [6.07, 6.45) is 3.90. The molecule has 4 heteroatoms. The van der Waals surface area contributed by atoms with Crippen LogP contribution in [-0.4, -0.2) is 29.7 Å². The SMILES string of the molecule is CCOc1cc(CN2CCC(CC)CC2)cc(Br)c1O. The number of ether oxygens (including phenoxy) is 1. The van der Waals surface area contributed by atoms with Crippen LogP contribution >= 0.6 is 15.9 Å². The second-order valence-electron chi connectivity index (χ2n) is 5.49. The van der Waals surface area contributed by atoms with Gasteiger partial charge in [-0.2, -0.15) is 0 Å². The highest BCUT2D eigenvalue weighted by Gasteiger charge is 2.18. The van der Waals surface area contributed by atoms with Gasteiger partial charge in [-0.05, 0) is 72.4 Å². The van der Waals surface area contributed by atoms with Crippen molar-refractivity contribution in [1.29, 1.82) is 0 Å². The molecule has 1 aromatic carbocycles. The molecule has 3 nitrogen and oxygen atoms in total. The number of nitrogens with zero attached hydrogens (tertiary/aromatic N) is 1. The first-order valence-electron chi connectivity index (χ1n) is 7.50. The summed E-state index contributed by atoms with van der Waals surface area (Å²) in [5.41, 5.74) is 1.19. The van der Waals surface area contributed by atoms with Crippen LogP contribution in [0.3, 0.4) is 0 Å². The van der Waals surface area contributed by atoms with Crippen LogP contribution in [0.15, 0.2) is 16.6 Å². The summed E-state index contributed by atoms with van der Waals surface area (Å²) >= 11 is 3.40. The zero-order valence-corrected chi connectivity index (χ0v) is 13.9. The predicted octanol–water partition coefficient (Wildman–Crippen LogP) is 4.18. The normalized spacial score (nSPS) is 17.4. The van der Waals surface area contributed by atoms with E-state index in [2.05, 4.69) is 27.8 Å². The molecule has 0 aliphatic carbocycles. The molecule has 0 saturated carbocycles. The lowest BCUT2D eigenvalue weighted by Crippen LogP contribution is -2.33. The highest BCUT2D eigenvalue weighted by atomic mass is 79.9. The Morgan fingerprint density at radius 3 is 2.60 bits per heavy atom. The molecule has 0 atom stereocenters. The molecule has 0 radical (unpaired) electrons. The van der Waals surface area contributed by atoms with Crippen LogP contribution in [0.2, 0.25) is 0 Å². The number of phenolic OH excluding ortho intramolecular Hbond substituents is 1. The summed E-state index contributed by atoms with van der Waals surface area (Å²) < 4.78 is 6.19. The number of halogens is 1. The number of piperidine rings is 1.